The Bertz CT molecular complexity index is 1050. The van der Waals surface area contributed by atoms with Crippen LogP contribution in [-0.2, 0) is 11.3 Å². The number of benzene rings is 2. The summed E-state index contributed by atoms with van der Waals surface area (Å²) < 4.78 is 2.03. The molecule has 1 fully saturated rings. The first-order valence-electron chi connectivity index (χ1n) is 11.0. The minimum atomic E-state index is 0.150. The summed E-state index contributed by atoms with van der Waals surface area (Å²) in [5.41, 5.74) is 2.24. The van der Waals surface area contributed by atoms with Crippen molar-refractivity contribution >= 4 is 29.3 Å². The van der Waals surface area contributed by atoms with Crippen LogP contribution in [0.4, 0.5) is 0 Å². The molecule has 1 atom stereocenters. The Morgan fingerprint density at radius 2 is 1.81 bits per heavy atom. The average Bonchev–Trinajstić information content (AvgIpc) is 3.25. The highest BCUT2D eigenvalue weighted by atomic mass is 35.5. The number of halogens is 1. The third kappa shape index (κ3) is 5.17. The van der Waals surface area contributed by atoms with Gasteiger partial charge in [-0.2, -0.15) is 0 Å². The number of thioether (sulfide) groups is 1. The second kappa shape index (κ2) is 10.5. The summed E-state index contributed by atoms with van der Waals surface area (Å²) in [4.78, 5) is 17.3. The lowest BCUT2D eigenvalue weighted by molar-refractivity contribution is -0.130. The lowest BCUT2D eigenvalue weighted by atomic mass is 10.1. The summed E-state index contributed by atoms with van der Waals surface area (Å²) in [7, 11) is 0. The molecular formula is C24H28ClN5OS. The Balaban J connectivity index is 1.33. The number of carbonyl (C=O) groups excluding carboxylic acids is 1. The molecule has 32 heavy (non-hydrogen) atoms. The van der Waals surface area contributed by atoms with Crippen LogP contribution in [0.1, 0.15) is 25.5 Å². The number of piperazine rings is 1. The van der Waals surface area contributed by atoms with E-state index in [4.69, 9.17) is 11.6 Å². The Morgan fingerprint density at radius 1 is 1.06 bits per heavy atom. The van der Waals surface area contributed by atoms with Gasteiger partial charge in [-0.25, -0.2) is 0 Å². The van der Waals surface area contributed by atoms with E-state index in [0.29, 0.717) is 16.8 Å². The van der Waals surface area contributed by atoms with Gasteiger partial charge in [0.2, 0.25) is 5.91 Å². The van der Waals surface area contributed by atoms with Gasteiger partial charge < -0.3 is 9.47 Å². The normalized spacial score (nSPS) is 15.7. The van der Waals surface area contributed by atoms with Gasteiger partial charge in [0.05, 0.1) is 5.75 Å². The summed E-state index contributed by atoms with van der Waals surface area (Å²) in [6, 6.07) is 18.5. The smallest absolute Gasteiger partial charge is 0.233 e. The lowest BCUT2D eigenvalue weighted by Crippen LogP contribution is -2.49. The van der Waals surface area contributed by atoms with Gasteiger partial charge in [-0.3, -0.25) is 9.69 Å². The van der Waals surface area contributed by atoms with Gasteiger partial charge in [0.15, 0.2) is 11.0 Å². The van der Waals surface area contributed by atoms with E-state index in [1.807, 2.05) is 39.8 Å². The van der Waals surface area contributed by atoms with E-state index in [9.17, 15) is 4.79 Å². The summed E-state index contributed by atoms with van der Waals surface area (Å²) in [5.74, 6) is 1.28. The van der Waals surface area contributed by atoms with E-state index in [2.05, 4.69) is 53.2 Å². The molecule has 2 aromatic carbocycles. The van der Waals surface area contributed by atoms with Gasteiger partial charge in [-0.1, -0.05) is 65.8 Å². The van der Waals surface area contributed by atoms with E-state index < -0.39 is 0 Å². The molecule has 4 rings (SSSR count). The zero-order valence-electron chi connectivity index (χ0n) is 18.4. The van der Waals surface area contributed by atoms with Crippen LogP contribution in [0, 0.1) is 0 Å². The van der Waals surface area contributed by atoms with Crippen LogP contribution >= 0.6 is 23.4 Å². The molecule has 0 radical (unpaired) electrons. The molecule has 1 saturated heterocycles. The molecule has 3 aromatic rings. The van der Waals surface area contributed by atoms with E-state index in [1.54, 1.807) is 0 Å². The number of nitrogens with zero attached hydrogens (tertiary/aromatic N) is 5. The molecule has 0 saturated carbocycles. The fourth-order valence-corrected chi connectivity index (χ4v) is 5.14. The third-order valence-corrected chi connectivity index (χ3v) is 7.12. The van der Waals surface area contributed by atoms with Crippen LogP contribution < -0.4 is 0 Å². The minimum absolute atomic E-state index is 0.150. The second-order valence-corrected chi connectivity index (χ2v) is 9.23. The number of carbonyl (C=O) groups is 1. The lowest BCUT2D eigenvalue weighted by Gasteiger charge is -2.38. The largest absolute Gasteiger partial charge is 0.339 e. The summed E-state index contributed by atoms with van der Waals surface area (Å²) >= 11 is 7.58. The maximum Gasteiger partial charge on any atom is 0.233 e. The summed E-state index contributed by atoms with van der Waals surface area (Å²) in [6.45, 7) is 8.29. The van der Waals surface area contributed by atoms with Gasteiger partial charge >= 0.3 is 0 Å². The van der Waals surface area contributed by atoms with Crippen molar-refractivity contribution < 1.29 is 4.79 Å². The monoisotopic (exact) mass is 469 g/mol. The zero-order valence-corrected chi connectivity index (χ0v) is 20.0. The number of hydrogen-bond donors (Lipinski definition) is 0. The Labute approximate surface area is 198 Å². The number of hydrogen-bond acceptors (Lipinski definition) is 5. The molecule has 0 N–H and O–H groups in total. The molecule has 1 aliphatic heterocycles. The quantitative estimate of drug-likeness (QED) is 0.473. The number of rotatable bonds is 7. The van der Waals surface area contributed by atoms with Crippen molar-refractivity contribution in [1.29, 1.82) is 0 Å². The van der Waals surface area contributed by atoms with Gasteiger partial charge in [0, 0.05) is 49.4 Å². The molecule has 1 aliphatic rings. The molecule has 0 aliphatic carbocycles. The molecule has 0 bridgehead atoms. The van der Waals surface area contributed by atoms with Gasteiger partial charge in [-0.05, 0) is 31.5 Å². The van der Waals surface area contributed by atoms with Crippen LogP contribution in [0.3, 0.4) is 0 Å². The molecule has 2 heterocycles. The number of amides is 1. The van der Waals surface area contributed by atoms with Crippen molar-refractivity contribution in [2.24, 2.45) is 0 Å². The van der Waals surface area contributed by atoms with Crippen molar-refractivity contribution in [3.63, 3.8) is 0 Å². The molecule has 1 aromatic heterocycles. The second-order valence-electron chi connectivity index (χ2n) is 7.85. The van der Waals surface area contributed by atoms with Crippen LogP contribution in [0.5, 0.6) is 0 Å². The molecular weight excluding hydrogens is 442 g/mol. The van der Waals surface area contributed by atoms with Gasteiger partial charge in [-0.15, -0.1) is 10.2 Å². The molecule has 8 heteroatoms. The highest BCUT2D eigenvalue weighted by Gasteiger charge is 2.25. The van der Waals surface area contributed by atoms with Crippen molar-refractivity contribution in [3.05, 3.63) is 65.2 Å². The molecule has 168 valence electrons. The Kier molecular flexibility index (Phi) is 7.50. The highest BCUT2D eigenvalue weighted by molar-refractivity contribution is 7.99. The van der Waals surface area contributed by atoms with Crippen molar-refractivity contribution in [3.8, 4) is 11.4 Å². The number of aromatic nitrogens is 3. The zero-order chi connectivity index (χ0) is 22.5. The van der Waals surface area contributed by atoms with Crippen molar-refractivity contribution in [2.45, 2.75) is 31.6 Å². The molecule has 6 nitrogen and oxygen atoms in total. The minimum Gasteiger partial charge on any atom is -0.339 e. The fraction of sp³-hybridized carbons (Fsp3) is 0.375. The topological polar surface area (TPSA) is 54.3 Å². The first-order chi connectivity index (χ1) is 15.6. The molecule has 1 amide bonds. The van der Waals surface area contributed by atoms with Crippen LogP contribution in [0.2, 0.25) is 5.02 Å². The predicted molar refractivity (Wildman–Crippen MR) is 130 cm³/mol. The van der Waals surface area contributed by atoms with Gasteiger partial charge in [0.25, 0.3) is 0 Å². The standard InChI is InChI=1S/C24H28ClN5OS/c1-3-30-23(20-10-7-11-21(25)16-20)26-27-24(30)32-17-22(31)29-14-12-28(13-15-29)18(2)19-8-5-4-6-9-19/h4-11,16,18H,3,12-15,17H2,1-2H3/t18-/m0/s1. The third-order valence-electron chi connectivity index (χ3n) is 5.94. The van der Waals surface area contributed by atoms with E-state index in [-0.39, 0.29) is 5.91 Å². The summed E-state index contributed by atoms with van der Waals surface area (Å²) in [5, 5.41) is 10.1. The SMILES string of the molecule is CCn1c(SCC(=O)N2CCN([C@@H](C)c3ccccc3)CC2)nnc1-c1cccc(Cl)c1. The average molecular weight is 470 g/mol. The maximum atomic E-state index is 12.9. The van der Waals surface area contributed by atoms with Crippen LogP contribution in [0.15, 0.2) is 59.8 Å². The molecule has 0 spiro atoms. The van der Waals surface area contributed by atoms with E-state index in [0.717, 1.165) is 49.3 Å². The predicted octanol–water partition coefficient (Wildman–Crippen LogP) is 4.62. The van der Waals surface area contributed by atoms with Crippen LogP contribution in [0.25, 0.3) is 11.4 Å². The highest BCUT2D eigenvalue weighted by Crippen LogP contribution is 2.26. The fourth-order valence-electron chi connectivity index (χ4n) is 4.04. The molecule has 0 unspecified atom stereocenters. The van der Waals surface area contributed by atoms with Crippen molar-refractivity contribution in [1.82, 2.24) is 24.6 Å². The van der Waals surface area contributed by atoms with Crippen molar-refractivity contribution in [2.75, 3.05) is 31.9 Å². The maximum absolute atomic E-state index is 12.9. The Morgan fingerprint density at radius 3 is 2.50 bits per heavy atom. The summed E-state index contributed by atoms with van der Waals surface area (Å²) in [6.07, 6.45) is 0. The first kappa shape index (κ1) is 22.8. The van der Waals surface area contributed by atoms with E-state index in [1.165, 1.54) is 17.3 Å². The Hall–Kier alpha value is -2.35. The van der Waals surface area contributed by atoms with Crippen LogP contribution in [-0.4, -0.2) is 62.4 Å². The van der Waals surface area contributed by atoms with E-state index >= 15 is 0 Å². The first-order valence-corrected chi connectivity index (χ1v) is 12.3. The van der Waals surface area contributed by atoms with Gasteiger partial charge in [0.1, 0.15) is 0 Å².